The summed E-state index contributed by atoms with van der Waals surface area (Å²) in [5, 5.41) is 11.4. The summed E-state index contributed by atoms with van der Waals surface area (Å²) in [4.78, 5) is 22.1. The van der Waals surface area contributed by atoms with E-state index in [2.05, 4.69) is 0 Å². The lowest BCUT2D eigenvalue weighted by Crippen LogP contribution is -2.37. The number of nitrogens with zero attached hydrogens (tertiary/aromatic N) is 2. The molecule has 0 bridgehead atoms. The van der Waals surface area contributed by atoms with Crippen LogP contribution in [0.25, 0.3) is 0 Å². The first-order valence-electron chi connectivity index (χ1n) is 7.95. The number of aryl methyl sites for hydroxylation is 1. The van der Waals surface area contributed by atoms with Crippen molar-refractivity contribution in [3.63, 3.8) is 0 Å². The van der Waals surface area contributed by atoms with Crippen LogP contribution in [0.15, 0.2) is 41.3 Å². The van der Waals surface area contributed by atoms with Crippen LogP contribution in [0.5, 0.6) is 0 Å². The first kappa shape index (κ1) is 21.9. The van der Waals surface area contributed by atoms with Crippen LogP contribution < -0.4 is 4.31 Å². The number of carbonyl (C=O) groups is 1. The minimum absolute atomic E-state index is 0.0245. The van der Waals surface area contributed by atoms with Crippen molar-refractivity contribution in [3.05, 3.63) is 62.1 Å². The van der Waals surface area contributed by atoms with Crippen LogP contribution in [0.4, 0.5) is 11.4 Å². The molecule has 0 radical (unpaired) electrons. The lowest BCUT2D eigenvalue weighted by Gasteiger charge is -2.24. The largest absolute Gasteiger partial charge is 0.465 e. The molecule has 11 heteroatoms. The fraction of sp³-hybridized carbons (Fsp3) is 0.235. The molecule has 0 N–H and O–H groups in total. The maximum atomic E-state index is 13.3. The summed E-state index contributed by atoms with van der Waals surface area (Å²) >= 11 is 11.9. The number of anilines is 1. The summed E-state index contributed by atoms with van der Waals surface area (Å²) in [5.74, 6) is -0.801. The van der Waals surface area contributed by atoms with Gasteiger partial charge in [-0.2, -0.15) is 0 Å². The van der Waals surface area contributed by atoms with Gasteiger partial charge in [0.1, 0.15) is 6.54 Å². The Bertz CT molecular complexity index is 1010. The first-order chi connectivity index (χ1) is 13.1. The Labute approximate surface area is 171 Å². The lowest BCUT2D eigenvalue weighted by atomic mass is 10.2. The molecule has 150 valence electrons. The van der Waals surface area contributed by atoms with Gasteiger partial charge in [-0.05, 0) is 37.6 Å². The number of nitro groups is 1. The van der Waals surface area contributed by atoms with Crippen LogP contribution in [-0.2, 0) is 19.6 Å². The van der Waals surface area contributed by atoms with Crippen LogP contribution >= 0.6 is 23.2 Å². The van der Waals surface area contributed by atoms with Crippen molar-refractivity contribution in [2.75, 3.05) is 17.5 Å². The van der Waals surface area contributed by atoms with Gasteiger partial charge in [-0.1, -0.05) is 29.3 Å². The summed E-state index contributed by atoms with van der Waals surface area (Å²) in [7, 11) is -4.38. The number of sulfonamides is 1. The average molecular weight is 447 g/mol. The van der Waals surface area contributed by atoms with E-state index in [1.165, 1.54) is 37.3 Å². The molecular weight excluding hydrogens is 431 g/mol. The van der Waals surface area contributed by atoms with E-state index in [1.54, 1.807) is 6.92 Å². The standard InChI is InChI=1S/C17H16Cl2N2O6S/c1-3-27-17(22)10-20(15-7-12(18)6-13(19)8-15)28(25,26)16-9-14(21(23)24)5-4-11(16)2/h4-9H,3,10H2,1-2H3. The van der Waals surface area contributed by atoms with Gasteiger partial charge in [0.2, 0.25) is 0 Å². The number of rotatable bonds is 7. The van der Waals surface area contributed by atoms with Gasteiger partial charge in [0.15, 0.2) is 0 Å². The molecule has 0 aromatic heterocycles. The molecule has 0 atom stereocenters. The predicted octanol–water partition coefficient (Wildman–Crippen LogP) is 3.97. The van der Waals surface area contributed by atoms with E-state index in [1.807, 2.05) is 0 Å². The molecule has 2 rings (SSSR count). The third-order valence-electron chi connectivity index (χ3n) is 3.66. The molecule has 0 spiro atoms. The molecule has 0 aliphatic rings. The highest BCUT2D eigenvalue weighted by atomic mass is 35.5. The second-order valence-corrected chi connectivity index (χ2v) is 8.35. The quantitative estimate of drug-likeness (QED) is 0.361. The summed E-state index contributed by atoms with van der Waals surface area (Å²) in [6.45, 7) is 2.47. The van der Waals surface area contributed by atoms with Gasteiger partial charge < -0.3 is 4.74 Å². The second kappa shape index (κ2) is 8.76. The van der Waals surface area contributed by atoms with Gasteiger partial charge in [0, 0.05) is 22.2 Å². The Morgan fingerprint density at radius 1 is 1.18 bits per heavy atom. The van der Waals surface area contributed by atoms with Crippen LogP contribution in [0, 0.1) is 17.0 Å². The minimum Gasteiger partial charge on any atom is -0.465 e. The maximum Gasteiger partial charge on any atom is 0.326 e. The van der Waals surface area contributed by atoms with E-state index >= 15 is 0 Å². The zero-order valence-electron chi connectivity index (χ0n) is 14.9. The summed E-state index contributed by atoms with van der Waals surface area (Å²) in [6, 6.07) is 7.49. The molecule has 0 fully saturated rings. The van der Waals surface area contributed by atoms with Crippen molar-refractivity contribution in [1.29, 1.82) is 0 Å². The van der Waals surface area contributed by atoms with Gasteiger partial charge in [-0.3, -0.25) is 19.2 Å². The third-order valence-corrected chi connectivity index (χ3v) is 6.02. The molecule has 2 aromatic rings. The number of hydrogen-bond acceptors (Lipinski definition) is 6. The lowest BCUT2D eigenvalue weighted by molar-refractivity contribution is -0.385. The smallest absolute Gasteiger partial charge is 0.326 e. The molecule has 0 aliphatic heterocycles. The molecule has 0 unspecified atom stereocenters. The molecule has 0 heterocycles. The van der Waals surface area contributed by atoms with Gasteiger partial charge in [0.05, 0.1) is 22.1 Å². The summed E-state index contributed by atoms with van der Waals surface area (Å²) in [6.07, 6.45) is 0. The number of halogens is 2. The fourth-order valence-corrected chi connectivity index (χ4v) is 4.58. The first-order valence-corrected chi connectivity index (χ1v) is 10.2. The van der Waals surface area contributed by atoms with Crippen molar-refractivity contribution < 1.29 is 22.9 Å². The number of esters is 1. The number of benzene rings is 2. The zero-order chi connectivity index (χ0) is 21.1. The highest BCUT2D eigenvalue weighted by Crippen LogP contribution is 2.32. The summed E-state index contributed by atoms with van der Waals surface area (Å²) in [5.41, 5.74) is -0.103. The minimum atomic E-state index is -4.38. The zero-order valence-corrected chi connectivity index (χ0v) is 17.2. The third kappa shape index (κ3) is 4.92. The van der Waals surface area contributed by atoms with E-state index in [9.17, 15) is 23.3 Å². The summed E-state index contributed by atoms with van der Waals surface area (Å²) < 4.78 is 32.2. The van der Waals surface area contributed by atoms with Crippen LogP contribution in [0.1, 0.15) is 12.5 Å². The molecule has 0 amide bonds. The van der Waals surface area contributed by atoms with E-state index < -0.39 is 33.1 Å². The van der Waals surface area contributed by atoms with Gasteiger partial charge in [-0.15, -0.1) is 0 Å². The van der Waals surface area contributed by atoms with Crippen molar-refractivity contribution in [1.82, 2.24) is 0 Å². The Kier molecular flexibility index (Phi) is 6.87. The molecule has 8 nitrogen and oxygen atoms in total. The molecule has 0 aliphatic carbocycles. The molecule has 2 aromatic carbocycles. The SMILES string of the molecule is CCOC(=O)CN(c1cc(Cl)cc(Cl)c1)S(=O)(=O)c1cc([N+](=O)[O-])ccc1C. The van der Waals surface area contributed by atoms with E-state index in [0.29, 0.717) is 0 Å². The van der Waals surface area contributed by atoms with Gasteiger partial charge >= 0.3 is 5.97 Å². The van der Waals surface area contributed by atoms with Crippen LogP contribution in [0.3, 0.4) is 0 Å². The van der Waals surface area contributed by atoms with Crippen LogP contribution in [-0.4, -0.2) is 32.5 Å². The van der Waals surface area contributed by atoms with Crippen molar-refractivity contribution in [3.8, 4) is 0 Å². The number of ether oxygens (including phenoxy) is 1. The monoisotopic (exact) mass is 446 g/mol. The Hall–Kier alpha value is -2.36. The van der Waals surface area contributed by atoms with E-state index in [4.69, 9.17) is 27.9 Å². The van der Waals surface area contributed by atoms with Crippen molar-refractivity contribution >= 4 is 50.6 Å². The normalized spacial score (nSPS) is 11.1. The fourth-order valence-electron chi connectivity index (χ4n) is 2.42. The Morgan fingerprint density at radius 3 is 2.32 bits per heavy atom. The van der Waals surface area contributed by atoms with E-state index in [-0.39, 0.29) is 32.8 Å². The predicted molar refractivity (Wildman–Crippen MR) is 105 cm³/mol. The van der Waals surface area contributed by atoms with E-state index in [0.717, 1.165) is 10.4 Å². The van der Waals surface area contributed by atoms with Gasteiger partial charge in [-0.25, -0.2) is 8.42 Å². The molecule has 0 saturated carbocycles. The van der Waals surface area contributed by atoms with Gasteiger partial charge in [0.25, 0.3) is 15.7 Å². The number of carbonyl (C=O) groups excluding carboxylic acids is 1. The Balaban J connectivity index is 2.66. The second-order valence-electron chi connectivity index (χ2n) is 5.65. The number of hydrogen-bond donors (Lipinski definition) is 0. The molecule has 28 heavy (non-hydrogen) atoms. The Morgan fingerprint density at radius 2 is 1.79 bits per heavy atom. The topological polar surface area (TPSA) is 107 Å². The van der Waals surface area contributed by atoms with Crippen LogP contribution in [0.2, 0.25) is 10.0 Å². The highest BCUT2D eigenvalue weighted by Gasteiger charge is 2.31. The number of non-ortho nitro benzene ring substituents is 1. The van der Waals surface area contributed by atoms with Crippen molar-refractivity contribution in [2.45, 2.75) is 18.7 Å². The molecular formula is C17H16Cl2N2O6S. The average Bonchev–Trinajstić information content (AvgIpc) is 2.58. The number of nitro benzene ring substituents is 1. The van der Waals surface area contributed by atoms with Crippen molar-refractivity contribution in [2.24, 2.45) is 0 Å². The molecule has 0 saturated heterocycles. The highest BCUT2D eigenvalue weighted by molar-refractivity contribution is 7.93. The maximum absolute atomic E-state index is 13.3.